The van der Waals surface area contributed by atoms with Crippen LogP contribution in [-0.4, -0.2) is 91.4 Å². The van der Waals surface area contributed by atoms with Crippen molar-refractivity contribution in [2.75, 3.05) is 25.6 Å². The maximum absolute atomic E-state index is 14.4. The third-order valence-corrected chi connectivity index (χ3v) is 12.5. The highest BCUT2D eigenvalue weighted by Crippen LogP contribution is 2.42. The Balaban J connectivity index is 1.09. The number of likely N-dealkylation sites (tertiary alicyclic amines) is 1. The highest BCUT2D eigenvalue weighted by molar-refractivity contribution is 6.00. The summed E-state index contributed by atoms with van der Waals surface area (Å²) >= 11 is 0. The molecule has 4 fully saturated rings. The Morgan fingerprint density at radius 3 is 2.25 bits per heavy atom. The number of hydrogen-bond acceptors (Lipinski definition) is 11. The molecule has 326 valence electrons. The van der Waals surface area contributed by atoms with Gasteiger partial charge in [-0.25, -0.2) is 18.8 Å². The molecule has 3 aliphatic carbocycles. The molecule has 0 bridgehead atoms. The van der Waals surface area contributed by atoms with Crippen LogP contribution in [0.2, 0.25) is 0 Å². The minimum atomic E-state index is -1.21. The third-order valence-electron chi connectivity index (χ3n) is 12.5. The van der Waals surface area contributed by atoms with Crippen LogP contribution in [0.3, 0.4) is 0 Å². The van der Waals surface area contributed by atoms with Crippen molar-refractivity contribution in [3.63, 3.8) is 0 Å². The highest BCUT2D eigenvalue weighted by Gasteiger charge is 2.47. The molecule has 14 nitrogen and oxygen atoms in total. The smallest absolute Gasteiger partial charge is 0.449 e. The summed E-state index contributed by atoms with van der Waals surface area (Å²) in [6.07, 6.45) is 8.37. The minimum Gasteiger partial charge on any atom is -0.449 e. The number of anilines is 1. The summed E-state index contributed by atoms with van der Waals surface area (Å²) < 4.78 is 46.7. The lowest BCUT2D eigenvalue weighted by Gasteiger charge is -2.38. The lowest BCUT2D eigenvalue weighted by atomic mass is 9.75. The van der Waals surface area contributed by atoms with E-state index in [0.29, 0.717) is 55.3 Å². The number of fused-ring (bicyclic) bond motifs is 1. The number of benzene rings is 1. The maximum atomic E-state index is 14.4. The summed E-state index contributed by atoms with van der Waals surface area (Å²) in [5, 5.41) is 6.29. The van der Waals surface area contributed by atoms with Crippen LogP contribution in [0.15, 0.2) is 28.7 Å². The Morgan fingerprint density at radius 2 is 1.59 bits per heavy atom. The number of carbonyl (C=O) groups excluding carboxylic acids is 5. The van der Waals surface area contributed by atoms with Crippen LogP contribution in [0.5, 0.6) is 0 Å². The number of furan rings is 1. The van der Waals surface area contributed by atoms with Gasteiger partial charge in [0.25, 0.3) is 0 Å². The summed E-state index contributed by atoms with van der Waals surface area (Å²) in [5.74, 6) is -1.52. The highest BCUT2D eigenvalue weighted by atomic mass is 19.1. The molecule has 1 aromatic carbocycles. The number of alkyl halides is 1. The second-order valence-electron chi connectivity index (χ2n) is 17.8. The fraction of sp³-hybridized carbons (Fsp3) is 0.705. The fourth-order valence-electron chi connectivity index (χ4n) is 9.54. The normalized spacial score (nSPS) is 26.4. The molecular formula is C44H62FN3O11. The summed E-state index contributed by atoms with van der Waals surface area (Å²) in [7, 11) is 1.73. The zero-order valence-electron chi connectivity index (χ0n) is 35.1. The quantitative estimate of drug-likeness (QED) is 0.119. The van der Waals surface area contributed by atoms with Gasteiger partial charge in [0.1, 0.15) is 30.0 Å². The van der Waals surface area contributed by atoms with Crippen molar-refractivity contribution in [2.45, 2.75) is 154 Å². The molecular weight excluding hydrogens is 765 g/mol. The topological polar surface area (TPSA) is 172 Å². The average Bonchev–Trinajstić information content (AvgIpc) is 3.85. The lowest BCUT2D eigenvalue weighted by Crippen LogP contribution is -2.50. The number of amides is 3. The molecule has 4 atom stereocenters. The van der Waals surface area contributed by atoms with E-state index in [-0.39, 0.29) is 53.5 Å². The lowest BCUT2D eigenvalue weighted by molar-refractivity contribution is -0.142. The van der Waals surface area contributed by atoms with E-state index in [1.807, 2.05) is 0 Å². The first kappa shape index (κ1) is 44.2. The molecule has 2 N–H and O–H groups in total. The van der Waals surface area contributed by atoms with Crippen molar-refractivity contribution in [1.29, 1.82) is 0 Å². The average molecular weight is 828 g/mol. The fourth-order valence-corrected chi connectivity index (χ4v) is 9.54. The van der Waals surface area contributed by atoms with E-state index in [1.54, 1.807) is 51.0 Å². The van der Waals surface area contributed by atoms with E-state index in [2.05, 4.69) is 10.6 Å². The Bertz CT molecular complexity index is 1770. The van der Waals surface area contributed by atoms with E-state index in [1.165, 1.54) is 13.0 Å². The summed E-state index contributed by atoms with van der Waals surface area (Å²) in [4.78, 5) is 68.0. The molecule has 0 radical (unpaired) electrons. The molecule has 1 unspecified atom stereocenters. The Labute approximate surface area is 345 Å². The first-order valence-corrected chi connectivity index (χ1v) is 21.5. The van der Waals surface area contributed by atoms with Gasteiger partial charge in [-0.05, 0) is 146 Å². The van der Waals surface area contributed by atoms with Crippen molar-refractivity contribution in [3.8, 4) is 0 Å². The zero-order chi connectivity index (χ0) is 42.3. The van der Waals surface area contributed by atoms with Gasteiger partial charge in [-0.1, -0.05) is 6.42 Å². The van der Waals surface area contributed by atoms with Crippen LogP contribution in [0, 0.1) is 23.7 Å². The number of halogens is 1. The number of hydrogen-bond donors (Lipinski definition) is 2. The molecule has 4 aliphatic rings. The van der Waals surface area contributed by atoms with Crippen molar-refractivity contribution in [2.24, 2.45) is 23.7 Å². The molecule has 0 spiro atoms. The maximum Gasteiger partial charge on any atom is 0.511 e. The Hall–Kier alpha value is -4.40. The van der Waals surface area contributed by atoms with Gasteiger partial charge in [0.2, 0.25) is 23.9 Å². The van der Waals surface area contributed by atoms with E-state index in [0.717, 1.165) is 57.8 Å². The summed E-state index contributed by atoms with van der Waals surface area (Å²) in [6.45, 7) is 6.41. The van der Waals surface area contributed by atoms with Gasteiger partial charge in [-0.2, -0.15) is 0 Å². The zero-order valence-corrected chi connectivity index (χ0v) is 35.1. The molecule has 1 saturated heterocycles. The van der Waals surface area contributed by atoms with Gasteiger partial charge in [-0.15, -0.1) is 0 Å². The SMILES string of the molecule is COC1CCC([C@@H]2CCN(C(=O)[C@H]3CC[C@H]([C@@H](CF)NC(=O)OC(C)(C)C)CC3)[C@@H]2C(=O)Nc2ccc3oc(C(=O)OC(C)OC(=O)OC4CCCCC4)cc3c2)CC1. The number of nitrogens with one attached hydrogen (secondary N) is 2. The molecule has 59 heavy (non-hydrogen) atoms. The van der Waals surface area contributed by atoms with Gasteiger partial charge in [-0.3, -0.25) is 9.59 Å². The minimum absolute atomic E-state index is 0.0368. The summed E-state index contributed by atoms with van der Waals surface area (Å²) in [5.41, 5.74) is 0.155. The van der Waals surface area contributed by atoms with Crippen LogP contribution >= 0.6 is 0 Å². The molecule has 2 heterocycles. The van der Waals surface area contributed by atoms with Crippen molar-refractivity contribution in [3.05, 3.63) is 30.0 Å². The predicted molar refractivity (Wildman–Crippen MR) is 215 cm³/mol. The number of ether oxygens (including phenoxy) is 5. The number of alkyl carbamates (subject to hydrolysis) is 1. The molecule has 15 heteroatoms. The van der Waals surface area contributed by atoms with E-state index >= 15 is 0 Å². The second-order valence-corrected chi connectivity index (χ2v) is 17.8. The number of esters is 1. The third kappa shape index (κ3) is 11.7. The number of nitrogens with zero attached hydrogens (tertiary/aromatic N) is 1. The summed E-state index contributed by atoms with van der Waals surface area (Å²) in [6, 6.07) is 5.13. The van der Waals surface area contributed by atoms with Gasteiger partial charge >= 0.3 is 18.2 Å². The Kier molecular flexibility index (Phi) is 14.8. The largest absolute Gasteiger partial charge is 0.511 e. The standard InChI is InChI=1S/C44H62FN3O11/c1-26(56-43(53)57-33-9-7-6-8-10-33)55-41(51)37-24-30-23-31(17-20-36(30)58-37)46-39(49)38-34(27-15-18-32(54-5)19-16-27)21-22-48(38)40(50)29-13-11-28(12-14-29)35(25-45)47-42(52)59-44(2,3)4/h17,20,23-24,26-29,32-35,38H,6-16,18-19,21-22,25H2,1-5H3,(H,46,49)(H,47,52)/t26?,27?,28-,29-,32?,34-,35+,38-/m0/s1. The van der Waals surface area contributed by atoms with Crippen LogP contribution in [0.4, 0.5) is 19.7 Å². The van der Waals surface area contributed by atoms with Gasteiger partial charge in [0.15, 0.2) is 0 Å². The predicted octanol–water partition coefficient (Wildman–Crippen LogP) is 8.45. The molecule has 3 saturated carbocycles. The molecule has 1 aliphatic heterocycles. The van der Waals surface area contributed by atoms with Crippen LogP contribution in [0.25, 0.3) is 11.0 Å². The monoisotopic (exact) mass is 827 g/mol. The molecule has 2 aromatic rings. The van der Waals surface area contributed by atoms with E-state index < -0.39 is 48.9 Å². The van der Waals surface area contributed by atoms with Crippen molar-refractivity contribution >= 4 is 46.7 Å². The van der Waals surface area contributed by atoms with E-state index in [9.17, 15) is 28.4 Å². The van der Waals surface area contributed by atoms with Crippen molar-refractivity contribution < 1.29 is 56.5 Å². The molecule has 6 rings (SSSR count). The number of rotatable bonds is 12. The first-order chi connectivity index (χ1) is 28.2. The second kappa shape index (κ2) is 19.8. The van der Waals surface area contributed by atoms with Gasteiger partial charge < -0.3 is 43.6 Å². The van der Waals surface area contributed by atoms with Crippen LogP contribution in [0.1, 0.15) is 128 Å². The molecule has 1 aromatic heterocycles. The van der Waals surface area contributed by atoms with Crippen LogP contribution in [-0.2, 0) is 33.3 Å². The Morgan fingerprint density at radius 1 is 0.881 bits per heavy atom. The van der Waals surface area contributed by atoms with E-state index in [4.69, 9.17) is 28.1 Å². The first-order valence-electron chi connectivity index (χ1n) is 21.5. The number of methoxy groups -OCH3 is 1. The van der Waals surface area contributed by atoms with Gasteiger partial charge in [0, 0.05) is 37.6 Å². The van der Waals surface area contributed by atoms with Crippen LogP contribution < -0.4 is 10.6 Å². The van der Waals surface area contributed by atoms with Crippen molar-refractivity contribution in [1.82, 2.24) is 10.2 Å². The number of carbonyl (C=O) groups is 5. The van der Waals surface area contributed by atoms with Gasteiger partial charge in [0.05, 0.1) is 12.1 Å². The molecule has 3 amide bonds.